The zero-order valence-corrected chi connectivity index (χ0v) is 27.2. The number of aromatic nitrogens is 1. The summed E-state index contributed by atoms with van der Waals surface area (Å²) in [7, 11) is 0. The third-order valence-electron chi connectivity index (χ3n) is 9.47. The molecule has 0 saturated heterocycles. The lowest BCUT2D eigenvalue weighted by Gasteiger charge is -2.28. The first-order chi connectivity index (χ1) is 24.3. The van der Waals surface area contributed by atoms with Gasteiger partial charge in [-0.15, -0.1) is 11.3 Å². The van der Waals surface area contributed by atoms with Gasteiger partial charge in [0.15, 0.2) is 5.58 Å². The summed E-state index contributed by atoms with van der Waals surface area (Å²) in [6, 6.07) is 60.4. The van der Waals surface area contributed by atoms with E-state index in [1.807, 2.05) is 41.7 Å². The molecule has 0 fully saturated rings. The van der Waals surface area contributed by atoms with Gasteiger partial charge in [0.2, 0.25) is 5.89 Å². The summed E-state index contributed by atoms with van der Waals surface area (Å²) < 4.78 is 9.16. The SMILES string of the molecule is c1ccc(-c2nc3ccc4ccc5ccc(N(c6ccc7sc8ccccc8c7c6)c6ccccc6-c6ccccc6)cc5c4c3o2)cc1. The minimum atomic E-state index is 0.631. The van der Waals surface area contributed by atoms with Gasteiger partial charge in [0, 0.05) is 48.1 Å². The summed E-state index contributed by atoms with van der Waals surface area (Å²) in [6.45, 7) is 0. The van der Waals surface area contributed by atoms with Crippen LogP contribution in [0.3, 0.4) is 0 Å². The molecule has 0 spiro atoms. The van der Waals surface area contributed by atoms with Gasteiger partial charge in [-0.05, 0) is 82.4 Å². The van der Waals surface area contributed by atoms with E-state index >= 15 is 0 Å². The van der Waals surface area contributed by atoms with Crippen LogP contribution in [-0.2, 0) is 0 Å². The first kappa shape index (κ1) is 27.8. The molecule has 0 unspecified atom stereocenters. The van der Waals surface area contributed by atoms with E-state index in [0.717, 1.165) is 55.3 Å². The Balaban J connectivity index is 1.25. The summed E-state index contributed by atoms with van der Waals surface area (Å²) in [5.41, 5.74) is 8.26. The summed E-state index contributed by atoms with van der Waals surface area (Å²) in [5.74, 6) is 0.631. The number of benzene rings is 8. The number of para-hydroxylation sites is 1. The van der Waals surface area contributed by atoms with Gasteiger partial charge < -0.3 is 9.32 Å². The molecule has 0 amide bonds. The van der Waals surface area contributed by atoms with Crippen LogP contribution in [0.4, 0.5) is 17.1 Å². The predicted molar refractivity (Wildman–Crippen MR) is 207 cm³/mol. The van der Waals surface area contributed by atoms with Crippen LogP contribution in [0.2, 0.25) is 0 Å². The summed E-state index contributed by atoms with van der Waals surface area (Å²) >= 11 is 1.84. The van der Waals surface area contributed by atoms with Crippen LogP contribution in [0, 0.1) is 0 Å². The smallest absolute Gasteiger partial charge is 0.227 e. The fourth-order valence-electron chi connectivity index (χ4n) is 7.16. The molecule has 2 heterocycles. The molecular weight excluding hydrogens is 617 g/mol. The van der Waals surface area contributed by atoms with E-state index in [4.69, 9.17) is 9.40 Å². The molecule has 4 heteroatoms. The average molecular weight is 645 g/mol. The lowest BCUT2D eigenvalue weighted by molar-refractivity contribution is 0.623. The molecule has 0 aliphatic carbocycles. The van der Waals surface area contributed by atoms with E-state index in [-0.39, 0.29) is 0 Å². The molecule has 0 bridgehead atoms. The van der Waals surface area contributed by atoms with Gasteiger partial charge in [0.25, 0.3) is 0 Å². The van der Waals surface area contributed by atoms with Crippen LogP contribution < -0.4 is 4.90 Å². The predicted octanol–water partition coefficient (Wildman–Crippen LogP) is 13.3. The third-order valence-corrected chi connectivity index (χ3v) is 10.6. The summed E-state index contributed by atoms with van der Waals surface area (Å²) in [4.78, 5) is 7.32. The van der Waals surface area contributed by atoms with E-state index in [9.17, 15) is 0 Å². The van der Waals surface area contributed by atoms with Crippen molar-refractivity contribution in [1.29, 1.82) is 0 Å². The zero-order valence-electron chi connectivity index (χ0n) is 26.4. The van der Waals surface area contributed by atoms with E-state index in [1.165, 1.54) is 31.3 Å². The monoisotopic (exact) mass is 644 g/mol. The second-order valence-electron chi connectivity index (χ2n) is 12.4. The van der Waals surface area contributed by atoms with Crippen LogP contribution in [0.1, 0.15) is 0 Å². The Labute approximate surface area is 286 Å². The van der Waals surface area contributed by atoms with Crippen LogP contribution in [0.5, 0.6) is 0 Å². The van der Waals surface area contributed by atoms with Crippen LogP contribution in [-0.4, -0.2) is 4.98 Å². The fourth-order valence-corrected chi connectivity index (χ4v) is 8.25. The normalized spacial score (nSPS) is 11.7. The maximum absolute atomic E-state index is 6.58. The van der Waals surface area contributed by atoms with Crippen molar-refractivity contribution in [3.05, 3.63) is 170 Å². The van der Waals surface area contributed by atoms with Gasteiger partial charge in [-0.3, -0.25) is 0 Å². The van der Waals surface area contributed by atoms with Gasteiger partial charge in [-0.2, -0.15) is 0 Å². The second-order valence-corrected chi connectivity index (χ2v) is 13.4. The van der Waals surface area contributed by atoms with Crippen LogP contribution in [0.25, 0.3) is 75.4 Å². The molecule has 230 valence electrons. The van der Waals surface area contributed by atoms with Crippen LogP contribution in [0.15, 0.2) is 174 Å². The van der Waals surface area contributed by atoms with E-state index in [2.05, 4.69) is 144 Å². The quantitative estimate of drug-likeness (QED) is 0.175. The molecular formula is C45H28N2OS. The molecule has 10 aromatic rings. The van der Waals surface area contributed by atoms with E-state index in [0.29, 0.717) is 5.89 Å². The van der Waals surface area contributed by atoms with Crippen molar-refractivity contribution < 1.29 is 4.42 Å². The highest BCUT2D eigenvalue weighted by Crippen LogP contribution is 2.45. The minimum absolute atomic E-state index is 0.631. The molecule has 49 heavy (non-hydrogen) atoms. The topological polar surface area (TPSA) is 29.3 Å². The fraction of sp³-hybridized carbons (Fsp3) is 0. The van der Waals surface area contributed by atoms with Crippen molar-refractivity contribution >= 4 is 81.2 Å². The summed E-state index contributed by atoms with van der Waals surface area (Å²) in [5, 5.41) is 7.02. The van der Waals surface area contributed by atoms with Crippen molar-refractivity contribution in [3.63, 3.8) is 0 Å². The minimum Gasteiger partial charge on any atom is -0.435 e. The lowest BCUT2D eigenvalue weighted by Crippen LogP contribution is -2.11. The Morgan fingerprint density at radius 3 is 1.98 bits per heavy atom. The largest absolute Gasteiger partial charge is 0.435 e. The van der Waals surface area contributed by atoms with Gasteiger partial charge >= 0.3 is 0 Å². The number of anilines is 3. The molecule has 0 saturated carbocycles. The third kappa shape index (κ3) is 4.61. The Morgan fingerprint density at radius 2 is 1.12 bits per heavy atom. The Bertz CT molecular complexity index is 2840. The lowest BCUT2D eigenvalue weighted by atomic mass is 9.98. The van der Waals surface area contributed by atoms with Gasteiger partial charge in [-0.1, -0.05) is 109 Å². The number of thiophene rings is 1. The second kappa shape index (κ2) is 11.2. The first-order valence-corrected chi connectivity index (χ1v) is 17.3. The maximum Gasteiger partial charge on any atom is 0.227 e. The van der Waals surface area contributed by atoms with E-state index in [1.54, 1.807) is 0 Å². The molecule has 8 aromatic carbocycles. The molecule has 0 aliphatic heterocycles. The Morgan fingerprint density at radius 1 is 0.490 bits per heavy atom. The zero-order chi connectivity index (χ0) is 32.3. The Hall–Kier alpha value is -6.23. The van der Waals surface area contributed by atoms with Gasteiger partial charge in [0.1, 0.15) is 5.52 Å². The highest BCUT2D eigenvalue weighted by molar-refractivity contribution is 7.25. The van der Waals surface area contributed by atoms with Gasteiger partial charge in [-0.25, -0.2) is 4.98 Å². The van der Waals surface area contributed by atoms with Crippen LogP contribution >= 0.6 is 11.3 Å². The molecule has 0 atom stereocenters. The molecule has 3 nitrogen and oxygen atoms in total. The highest BCUT2D eigenvalue weighted by atomic mass is 32.1. The molecule has 2 aromatic heterocycles. The van der Waals surface area contributed by atoms with Crippen molar-refractivity contribution in [2.45, 2.75) is 0 Å². The maximum atomic E-state index is 6.58. The van der Waals surface area contributed by atoms with E-state index < -0.39 is 0 Å². The number of hydrogen-bond donors (Lipinski definition) is 0. The molecule has 0 radical (unpaired) electrons. The Kier molecular flexibility index (Phi) is 6.36. The van der Waals surface area contributed by atoms with Gasteiger partial charge in [0.05, 0.1) is 5.69 Å². The number of rotatable bonds is 5. The molecule has 10 rings (SSSR count). The van der Waals surface area contributed by atoms with Crippen molar-refractivity contribution in [2.75, 3.05) is 4.90 Å². The molecule has 0 N–H and O–H groups in total. The molecule has 0 aliphatic rings. The standard InChI is InChI=1S/C45H28N2OS/c1-3-11-29(12-4-1)35-15-7-9-17-40(35)47(34-24-26-42-38(28-34)36-16-8-10-18-41(36)49-42)33-23-21-30-19-20-31-22-25-39-44(43(31)37(30)27-33)48-45(46-39)32-13-5-2-6-14-32/h1-28H. The highest BCUT2D eigenvalue weighted by Gasteiger charge is 2.20. The van der Waals surface area contributed by atoms with Crippen molar-refractivity contribution in [1.82, 2.24) is 4.98 Å². The van der Waals surface area contributed by atoms with Crippen molar-refractivity contribution in [3.8, 4) is 22.6 Å². The summed E-state index contributed by atoms with van der Waals surface area (Å²) in [6.07, 6.45) is 0. The van der Waals surface area contributed by atoms with Crippen molar-refractivity contribution in [2.24, 2.45) is 0 Å². The number of fused-ring (bicyclic) bond motifs is 8. The number of nitrogens with zero attached hydrogens (tertiary/aromatic N) is 2. The number of hydrogen-bond acceptors (Lipinski definition) is 4. The first-order valence-electron chi connectivity index (χ1n) is 16.5. The average Bonchev–Trinajstić information content (AvgIpc) is 3.78. The number of oxazole rings is 1.